The second kappa shape index (κ2) is 5.53. The Hall–Kier alpha value is -1.34. The van der Waals surface area contributed by atoms with Gasteiger partial charge in [0, 0.05) is 26.1 Å². The van der Waals surface area contributed by atoms with Crippen LogP contribution < -0.4 is 5.43 Å². The number of amides is 2. The molecular formula is C11H19N3O4. The summed E-state index contributed by atoms with van der Waals surface area (Å²) in [7, 11) is 0. The van der Waals surface area contributed by atoms with E-state index in [9.17, 15) is 14.7 Å². The molecule has 2 amide bonds. The minimum atomic E-state index is -1.07. The van der Waals surface area contributed by atoms with E-state index < -0.39 is 24.1 Å². The number of carbonyl (C=O) groups is 2. The summed E-state index contributed by atoms with van der Waals surface area (Å²) in [4.78, 5) is 24.2. The fourth-order valence-corrected chi connectivity index (χ4v) is 2.48. The Labute approximate surface area is 105 Å². The molecule has 0 aliphatic carbocycles. The van der Waals surface area contributed by atoms with Crippen LogP contribution in [0.4, 0.5) is 4.79 Å². The minimum absolute atomic E-state index is 0.0800. The number of likely N-dealkylation sites (tertiary alicyclic amines) is 1. The molecule has 0 bridgehead atoms. The Bertz CT molecular complexity index is 330. The summed E-state index contributed by atoms with van der Waals surface area (Å²) < 4.78 is 0. The van der Waals surface area contributed by atoms with E-state index in [-0.39, 0.29) is 13.0 Å². The number of hydrogen-bond donors (Lipinski definition) is 3. The molecule has 2 heterocycles. The van der Waals surface area contributed by atoms with Crippen molar-refractivity contribution in [3.63, 3.8) is 0 Å². The zero-order chi connectivity index (χ0) is 13.1. The predicted octanol–water partition coefficient (Wildman–Crippen LogP) is -0.383. The van der Waals surface area contributed by atoms with E-state index in [0.29, 0.717) is 0 Å². The molecule has 0 radical (unpaired) electrons. The summed E-state index contributed by atoms with van der Waals surface area (Å²) in [5.41, 5.74) is 2.71. The van der Waals surface area contributed by atoms with Gasteiger partial charge >= 0.3 is 12.0 Å². The topological polar surface area (TPSA) is 93.1 Å². The summed E-state index contributed by atoms with van der Waals surface area (Å²) in [6, 6.07) is -1.36. The van der Waals surface area contributed by atoms with Crippen molar-refractivity contribution in [2.24, 2.45) is 0 Å². The van der Waals surface area contributed by atoms with Crippen LogP contribution in [0.2, 0.25) is 0 Å². The number of β-amino-alcohol motifs (C(OH)–C–C–N with tert-alkyl or cyclic N) is 1. The third kappa shape index (κ3) is 2.91. The monoisotopic (exact) mass is 257 g/mol. The van der Waals surface area contributed by atoms with Crippen LogP contribution in [-0.4, -0.2) is 63.9 Å². The normalized spacial score (nSPS) is 29.3. The number of piperidine rings is 1. The van der Waals surface area contributed by atoms with Crippen LogP contribution in [0.15, 0.2) is 0 Å². The molecule has 7 heteroatoms. The van der Waals surface area contributed by atoms with Gasteiger partial charge in [0.2, 0.25) is 0 Å². The van der Waals surface area contributed by atoms with Crippen LogP contribution in [0.1, 0.15) is 25.7 Å². The van der Waals surface area contributed by atoms with Crippen LogP contribution in [-0.2, 0) is 4.79 Å². The standard InChI is InChI=1S/C11H19N3O4/c15-8-6-9(10(16)17)14(7-8)11(18)12-13-4-2-1-3-5-13/h8-9,15H,1-7H2,(H,12,18)(H,16,17)/t8?,9-/m0/s1. The van der Waals surface area contributed by atoms with Crippen LogP contribution in [0.25, 0.3) is 0 Å². The molecule has 2 aliphatic rings. The van der Waals surface area contributed by atoms with Crippen molar-refractivity contribution in [1.82, 2.24) is 15.3 Å². The van der Waals surface area contributed by atoms with Crippen LogP contribution in [0.5, 0.6) is 0 Å². The summed E-state index contributed by atoms with van der Waals surface area (Å²) in [6.07, 6.45) is 2.57. The fraction of sp³-hybridized carbons (Fsp3) is 0.818. The molecule has 102 valence electrons. The molecule has 7 nitrogen and oxygen atoms in total. The maximum absolute atomic E-state index is 12.0. The molecule has 0 aromatic rings. The Morgan fingerprint density at radius 1 is 1.17 bits per heavy atom. The molecule has 0 aromatic heterocycles. The quantitative estimate of drug-likeness (QED) is 0.627. The van der Waals surface area contributed by atoms with E-state index in [0.717, 1.165) is 32.4 Å². The highest BCUT2D eigenvalue weighted by atomic mass is 16.4. The lowest BCUT2D eigenvalue weighted by Crippen LogP contribution is -2.53. The predicted molar refractivity (Wildman–Crippen MR) is 62.7 cm³/mol. The van der Waals surface area contributed by atoms with Crippen molar-refractivity contribution < 1.29 is 19.8 Å². The molecule has 3 N–H and O–H groups in total. The number of rotatable bonds is 2. The van der Waals surface area contributed by atoms with Crippen molar-refractivity contribution in [2.45, 2.75) is 37.8 Å². The van der Waals surface area contributed by atoms with E-state index in [2.05, 4.69) is 5.43 Å². The molecule has 18 heavy (non-hydrogen) atoms. The molecule has 2 aliphatic heterocycles. The lowest BCUT2D eigenvalue weighted by atomic mass is 10.2. The van der Waals surface area contributed by atoms with Crippen LogP contribution in [0.3, 0.4) is 0 Å². The number of aliphatic carboxylic acids is 1. The zero-order valence-electron chi connectivity index (χ0n) is 10.2. The second-order valence-electron chi connectivity index (χ2n) is 4.86. The molecule has 0 saturated carbocycles. The van der Waals surface area contributed by atoms with Gasteiger partial charge in [-0.15, -0.1) is 0 Å². The highest BCUT2D eigenvalue weighted by Gasteiger charge is 2.39. The number of carbonyl (C=O) groups excluding carboxylic acids is 1. The smallest absolute Gasteiger partial charge is 0.332 e. The van der Waals surface area contributed by atoms with Gasteiger partial charge in [-0.25, -0.2) is 14.6 Å². The van der Waals surface area contributed by atoms with Gasteiger partial charge in [-0.3, -0.25) is 5.43 Å². The lowest BCUT2D eigenvalue weighted by Gasteiger charge is -2.30. The minimum Gasteiger partial charge on any atom is -0.480 e. The fourth-order valence-electron chi connectivity index (χ4n) is 2.48. The van der Waals surface area contributed by atoms with Gasteiger partial charge in [-0.1, -0.05) is 6.42 Å². The first-order valence-electron chi connectivity index (χ1n) is 6.31. The molecule has 2 fully saturated rings. The molecule has 1 unspecified atom stereocenters. The van der Waals surface area contributed by atoms with Gasteiger partial charge in [0.05, 0.1) is 6.10 Å². The molecular weight excluding hydrogens is 238 g/mol. The second-order valence-corrected chi connectivity index (χ2v) is 4.86. The summed E-state index contributed by atoms with van der Waals surface area (Å²) in [6.45, 7) is 1.66. The van der Waals surface area contributed by atoms with Gasteiger partial charge < -0.3 is 15.1 Å². The first-order valence-corrected chi connectivity index (χ1v) is 6.31. The number of nitrogens with one attached hydrogen (secondary N) is 1. The highest BCUT2D eigenvalue weighted by molar-refractivity contribution is 5.83. The Kier molecular flexibility index (Phi) is 4.03. The summed E-state index contributed by atoms with van der Waals surface area (Å²) in [5, 5.41) is 20.3. The van der Waals surface area contributed by atoms with Crippen molar-refractivity contribution in [3.05, 3.63) is 0 Å². The third-order valence-electron chi connectivity index (χ3n) is 3.43. The first-order chi connectivity index (χ1) is 8.58. The Morgan fingerprint density at radius 2 is 1.83 bits per heavy atom. The molecule has 2 rings (SSSR count). The van der Waals surface area contributed by atoms with E-state index in [1.807, 2.05) is 5.01 Å². The maximum Gasteiger partial charge on any atom is 0.332 e. The SMILES string of the molecule is O=C(O)[C@@H]1CC(O)CN1C(=O)NN1CCCCC1. The number of carboxylic acid groups (broad SMARTS) is 1. The van der Waals surface area contributed by atoms with Gasteiger partial charge in [0.1, 0.15) is 6.04 Å². The Morgan fingerprint density at radius 3 is 2.44 bits per heavy atom. The number of carboxylic acids is 1. The van der Waals surface area contributed by atoms with E-state index in [4.69, 9.17) is 5.11 Å². The summed E-state index contributed by atoms with van der Waals surface area (Å²) >= 11 is 0. The number of hydrazine groups is 1. The molecule has 2 saturated heterocycles. The summed E-state index contributed by atoms with van der Waals surface area (Å²) in [5.74, 6) is -1.07. The number of nitrogens with zero attached hydrogens (tertiary/aromatic N) is 2. The number of hydrogen-bond acceptors (Lipinski definition) is 4. The van der Waals surface area contributed by atoms with Crippen LogP contribution >= 0.6 is 0 Å². The Balaban J connectivity index is 1.92. The number of aliphatic hydroxyl groups is 1. The molecule has 0 spiro atoms. The van der Waals surface area contributed by atoms with Gasteiger partial charge in [-0.2, -0.15) is 0 Å². The van der Waals surface area contributed by atoms with Crippen molar-refractivity contribution in [2.75, 3.05) is 19.6 Å². The van der Waals surface area contributed by atoms with Crippen molar-refractivity contribution in [3.8, 4) is 0 Å². The molecule has 0 aromatic carbocycles. The van der Waals surface area contributed by atoms with Crippen molar-refractivity contribution >= 4 is 12.0 Å². The average Bonchev–Trinajstić information content (AvgIpc) is 2.73. The zero-order valence-corrected chi connectivity index (χ0v) is 10.2. The molecule has 2 atom stereocenters. The first kappa shape index (κ1) is 13.1. The van der Waals surface area contributed by atoms with E-state index >= 15 is 0 Å². The number of urea groups is 1. The maximum atomic E-state index is 12.0. The van der Waals surface area contributed by atoms with E-state index in [1.54, 1.807) is 0 Å². The number of aliphatic hydroxyl groups excluding tert-OH is 1. The van der Waals surface area contributed by atoms with Crippen molar-refractivity contribution in [1.29, 1.82) is 0 Å². The van der Waals surface area contributed by atoms with Gasteiger partial charge in [0.15, 0.2) is 0 Å². The largest absolute Gasteiger partial charge is 0.480 e. The lowest BCUT2D eigenvalue weighted by molar-refractivity contribution is -0.141. The van der Waals surface area contributed by atoms with E-state index in [1.165, 1.54) is 4.90 Å². The highest BCUT2D eigenvalue weighted by Crippen LogP contribution is 2.18. The average molecular weight is 257 g/mol. The van der Waals surface area contributed by atoms with Crippen LogP contribution in [0, 0.1) is 0 Å². The van der Waals surface area contributed by atoms with Gasteiger partial charge in [-0.05, 0) is 12.8 Å². The third-order valence-corrected chi connectivity index (χ3v) is 3.43. The van der Waals surface area contributed by atoms with Gasteiger partial charge in [0.25, 0.3) is 0 Å².